The summed E-state index contributed by atoms with van der Waals surface area (Å²) in [7, 11) is 1.80. The van der Waals surface area contributed by atoms with Gasteiger partial charge in [0.2, 0.25) is 0 Å². The molecule has 1 aromatic carbocycles. The van der Waals surface area contributed by atoms with Gasteiger partial charge in [-0.25, -0.2) is 4.39 Å². The number of primary amides is 1. The van der Waals surface area contributed by atoms with Crippen LogP contribution in [0.3, 0.4) is 0 Å². The molecule has 1 aliphatic carbocycles. The highest BCUT2D eigenvalue weighted by molar-refractivity contribution is 5.99. The van der Waals surface area contributed by atoms with E-state index in [-0.39, 0.29) is 11.3 Å². The van der Waals surface area contributed by atoms with E-state index in [1.165, 1.54) is 18.9 Å². The Labute approximate surface area is 99.4 Å². The summed E-state index contributed by atoms with van der Waals surface area (Å²) in [4.78, 5) is 12.9. The molecule has 0 saturated heterocycles. The van der Waals surface area contributed by atoms with Crippen LogP contribution in [0.1, 0.15) is 23.2 Å². The van der Waals surface area contributed by atoms with Gasteiger partial charge < -0.3 is 16.4 Å². The van der Waals surface area contributed by atoms with Crippen LogP contribution in [0.25, 0.3) is 0 Å². The van der Waals surface area contributed by atoms with Gasteiger partial charge in [-0.2, -0.15) is 0 Å². The minimum atomic E-state index is -0.636. The topological polar surface area (TPSA) is 72.3 Å². The molecule has 0 atom stereocenters. The summed E-state index contributed by atoms with van der Waals surface area (Å²) in [6.07, 6.45) is 2.37. The zero-order valence-corrected chi connectivity index (χ0v) is 9.74. The molecule has 0 aliphatic heterocycles. The van der Waals surface area contributed by atoms with Gasteiger partial charge in [0.05, 0.1) is 11.3 Å². The molecule has 17 heavy (non-hydrogen) atoms. The second-order valence-corrected chi connectivity index (χ2v) is 4.58. The molecule has 1 fully saturated rings. The maximum Gasteiger partial charge on any atom is 0.250 e. The number of anilines is 2. The predicted octanol–water partition coefficient (Wildman–Crippen LogP) is 1.35. The second kappa shape index (κ2) is 4.24. The van der Waals surface area contributed by atoms with Gasteiger partial charge in [0.1, 0.15) is 5.82 Å². The Kier molecular flexibility index (Phi) is 2.92. The SMILES string of the molecule is CN(CC1CC1)c1cc(C(N)=O)c(N)cc1F. The summed E-state index contributed by atoms with van der Waals surface area (Å²) < 4.78 is 13.7. The molecule has 0 aromatic heterocycles. The summed E-state index contributed by atoms with van der Waals surface area (Å²) in [6.45, 7) is 0.791. The molecule has 4 nitrogen and oxygen atoms in total. The third kappa shape index (κ3) is 2.49. The molecule has 0 spiro atoms. The van der Waals surface area contributed by atoms with Gasteiger partial charge in [-0.15, -0.1) is 0 Å². The van der Waals surface area contributed by atoms with E-state index in [1.54, 1.807) is 11.9 Å². The van der Waals surface area contributed by atoms with E-state index in [1.807, 2.05) is 0 Å². The van der Waals surface area contributed by atoms with Gasteiger partial charge in [-0.1, -0.05) is 0 Å². The number of hydrogen-bond acceptors (Lipinski definition) is 3. The van der Waals surface area contributed by atoms with Crippen LogP contribution in [0.4, 0.5) is 15.8 Å². The van der Waals surface area contributed by atoms with E-state index in [4.69, 9.17) is 11.5 Å². The molecule has 1 amide bonds. The Balaban J connectivity index is 2.31. The van der Waals surface area contributed by atoms with Crippen molar-refractivity contribution in [1.82, 2.24) is 0 Å². The molecule has 0 unspecified atom stereocenters. The lowest BCUT2D eigenvalue weighted by Gasteiger charge is -2.20. The fraction of sp³-hybridized carbons (Fsp3) is 0.417. The molecule has 1 aromatic rings. The molecule has 0 bridgehead atoms. The molecular weight excluding hydrogens is 221 g/mol. The van der Waals surface area contributed by atoms with E-state index in [9.17, 15) is 9.18 Å². The normalized spacial score (nSPS) is 14.7. The lowest BCUT2D eigenvalue weighted by Crippen LogP contribution is -2.22. The summed E-state index contributed by atoms with van der Waals surface area (Å²) >= 11 is 0. The number of carbonyl (C=O) groups is 1. The first-order valence-corrected chi connectivity index (χ1v) is 5.59. The van der Waals surface area contributed by atoms with Gasteiger partial charge in [0.25, 0.3) is 5.91 Å². The third-order valence-corrected chi connectivity index (χ3v) is 3.02. The molecule has 0 radical (unpaired) electrons. The zero-order chi connectivity index (χ0) is 12.6. The van der Waals surface area contributed by atoms with Crippen molar-refractivity contribution in [2.24, 2.45) is 11.7 Å². The van der Waals surface area contributed by atoms with Crippen molar-refractivity contribution in [2.45, 2.75) is 12.8 Å². The van der Waals surface area contributed by atoms with Crippen molar-refractivity contribution in [3.63, 3.8) is 0 Å². The first kappa shape index (κ1) is 11.7. The monoisotopic (exact) mass is 237 g/mol. The lowest BCUT2D eigenvalue weighted by atomic mass is 10.1. The first-order chi connectivity index (χ1) is 7.99. The standard InChI is InChI=1S/C12H16FN3O/c1-16(6-7-2-3-7)11-4-8(12(15)17)10(14)5-9(11)13/h4-5,7H,2-3,6,14H2,1H3,(H2,15,17). The van der Waals surface area contributed by atoms with Crippen molar-refractivity contribution in [3.8, 4) is 0 Å². The minimum absolute atomic E-state index is 0.0820. The minimum Gasteiger partial charge on any atom is -0.398 e. The van der Waals surface area contributed by atoms with Crippen molar-refractivity contribution >= 4 is 17.3 Å². The Hall–Kier alpha value is -1.78. The molecule has 1 saturated carbocycles. The Bertz CT molecular complexity index is 457. The number of nitrogens with two attached hydrogens (primary N) is 2. The van der Waals surface area contributed by atoms with Gasteiger partial charge in [0.15, 0.2) is 0 Å². The van der Waals surface area contributed by atoms with Crippen LogP contribution in [0, 0.1) is 11.7 Å². The van der Waals surface area contributed by atoms with Crippen molar-refractivity contribution in [3.05, 3.63) is 23.5 Å². The first-order valence-electron chi connectivity index (χ1n) is 5.59. The number of halogens is 1. The fourth-order valence-corrected chi connectivity index (χ4v) is 1.87. The maximum atomic E-state index is 13.7. The maximum absolute atomic E-state index is 13.7. The third-order valence-electron chi connectivity index (χ3n) is 3.02. The molecule has 4 N–H and O–H groups in total. The van der Waals surface area contributed by atoms with E-state index in [0.717, 1.165) is 12.6 Å². The van der Waals surface area contributed by atoms with E-state index < -0.39 is 11.7 Å². The van der Waals surface area contributed by atoms with Gasteiger partial charge in [0, 0.05) is 19.3 Å². The number of nitrogens with zero attached hydrogens (tertiary/aromatic N) is 1. The molecular formula is C12H16FN3O. The van der Waals surface area contributed by atoms with E-state index in [2.05, 4.69) is 0 Å². The highest BCUT2D eigenvalue weighted by Gasteiger charge is 2.24. The average Bonchev–Trinajstić information content (AvgIpc) is 3.00. The molecule has 0 heterocycles. The molecule has 2 rings (SSSR count). The Morgan fingerprint density at radius 1 is 1.53 bits per heavy atom. The molecule has 1 aliphatic rings. The number of benzene rings is 1. The Morgan fingerprint density at radius 3 is 2.71 bits per heavy atom. The van der Waals surface area contributed by atoms with E-state index in [0.29, 0.717) is 11.6 Å². The lowest BCUT2D eigenvalue weighted by molar-refractivity contribution is 0.100. The highest BCUT2D eigenvalue weighted by Crippen LogP contribution is 2.32. The van der Waals surface area contributed by atoms with Gasteiger partial charge in [-0.05, 0) is 30.9 Å². The van der Waals surface area contributed by atoms with Crippen LogP contribution in [-0.4, -0.2) is 19.5 Å². The van der Waals surface area contributed by atoms with Crippen LogP contribution < -0.4 is 16.4 Å². The molecule has 92 valence electrons. The number of nitrogen functional groups attached to an aromatic ring is 1. The summed E-state index contributed by atoms with van der Waals surface area (Å²) in [5.41, 5.74) is 11.4. The summed E-state index contributed by atoms with van der Waals surface area (Å²) in [6, 6.07) is 2.58. The smallest absolute Gasteiger partial charge is 0.250 e. The van der Waals surface area contributed by atoms with Crippen LogP contribution in [0.2, 0.25) is 0 Å². The van der Waals surface area contributed by atoms with Gasteiger partial charge in [-0.3, -0.25) is 4.79 Å². The fourth-order valence-electron chi connectivity index (χ4n) is 1.87. The van der Waals surface area contributed by atoms with Crippen LogP contribution in [-0.2, 0) is 0 Å². The van der Waals surface area contributed by atoms with Crippen LogP contribution in [0.15, 0.2) is 12.1 Å². The van der Waals surface area contributed by atoms with Crippen LogP contribution >= 0.6 is 0 Å². The van der Waals surface area contributed by atoms with Crippen molar-refractivity contribution < 1.29 is 9.18 Å². The summed E-state index contributed by atoms with van der Waals surface area (Å²) in [5.74, 6) is -0.423. The zero-order valence-electron chi connectivity index (χ0n) is 9.74. The second-order valence-electron chi connectivity index (χ2n) is 4.58. The number of rotatable bonds is 4. The summed E-state index contributed by atoms with van der Waals surface area (Å²) in [5, 5.41) is 0. The van der Waals surface area contributed by atoms with E-state index >= 15 is 0 Å². The highest BCUT2D eigenvalue weighted by atomic mass is 19.1. The van der Waals surface area contributed by atoms with Crippen molar-refractivity contribution in [2.75, 3.05) is 24.2 Å². The van der Waals surface area contributed by atoms with Crippen LogP contribution in [0.5, 0.6) is 0 Å². The quantitative estimate of drug-likeness (QED) is 0.776. The average molecular weight is 237 g/mol. The van der Waals surface area contributed by atoms with Gasteiger partial charge >= 0.3 is 0 Å². The Morgan fingerprint density at radius 2 is 2.18 bits per heavy atom. The number of hydrogen-bond donors (Lipinski definition) is 2. The largest absolute Gasteiger partial charge is 0.398 e. The number of carbonyl (C=O) groups excluding carboxylic acids is 1. The predicted molar refractivity (Wildman–Crippen MR) is 65.3 cm³/mol. The molecule has 5 heteroatoms. The number of amides is 1. The van der Waals surface area contributed by atoms with Crippen molar-refractivity contribution in [1.29, 1.82) is 0 Å².